The number of nitrogens with zero attached hydrogens (tertiary/aromatic N) is 3. The summed E-state index contributed by atoms with van der Waals surface area (Å²) in [5, 5.41) is 2.50. The fraction of sp³-hybridized carbons (Fsp3) is 0.228. The van der Waals surface area contributed by atoms with Gasteiger partial charge in [-0.25, -0.2) is 0 Å². The van der Waals surface area contributed by atoms with E-state index in [1.54, 1.807) is 0 Å². The number of rotatable bonds is 10. The number of fused-ring (bicyclic) bond motifs is 2. The Morgan fingerprint density at radius 1 is 0.651 bits per heavy atom. The molecule has 0 fully saturated rings. The van der Waals surface area contributed by atoms with Crippen molar-refractivity contribution in [3.63, 3.8) is 0 Å². The summed E-state index contributed by atoms with van der Waals surface area (Å²) >= 11 is 0. The predicted octanol–water partition coefficient (Wildman–Crippen LogP) is 15.1. The van der Waals surface area contributed by atoms with Crippen molar-refractivity contribution in [2.75, 3.05) is 0 Å². The van der Waals surface area contributed by atoms with E-state index in [2.05, 4.69) is 205 Å². The Morgan fingerprint density at radius 2 is 1.27 bits per heavy atom. The van der Waals surface area contributed by atoms with Gasteiger partial charge < -0.3 is 14.0 Å². The van der Waals surface area contributed by atoms with Gasteiger partial charge in [-0.05, 0) is 92.7 Å². The molecule has 0 unspecified atom stereocenters. The summed E-state index contributed by atoms with van der Waals surface area (Å²) in [6, 6.07) is 54.2. The summed E-state index contributed by atoms with van der Waals surface area (Å²) in [7, 11) is -1.34. The van der Waals surface area contributed by atoms with Gasteiger partial charge in [-0.1, -0.05) is 175 Å². The molecule has 0 amide bonds. The van der Waals surface area contributed by atoms with Crippen molar-refractivity contribution in [1.29, 1.82) is 0 Å². The van der Waals surface area contributed by atoms with Gasteiger partial charge in [0.15, 0.2) is 0 Å². The average Bonchev–Trinajstić information content (AvgIpc) is 3.87. The molecular formula is C57H57IrN3OSi-2. The van der Waals surface area contributed by atoms with Gasteiger partial charge in [0.2, 0.25) is 0 Å². The maximum atomic E-state index is 6.04. The van der Waals surface area contributed by atoms with Crippen molar-refractivity contribution in [2.24, 2.45) is 5.92 Å². The summed E-state index contributed by atoms with van der Waals surface area (Å²) in [6.45, 7) is 20.9. The quantitative estimate of drug-likeness (QED) is 0.101. The molecule has 63 heavy (non-hydrogen) atoms. The van der Waals surface area contributed by atoms with E-state index in [9.17, 15) is 0 Å². The second-order valence-corrected chi connectivity index (χ2v) is 23.5. The molecule has 0 spiro atoms. The van der Waals surface area contributed by atoms with Crippen LogP contribution in [0.4, 0.5) is 0 Å². The van der Waals surface area contributed by atoms with Crippen LogP contribution in [-0.2, 0) is 26.5 Å². The van der Waals surface area contributed by atoms with E-state index < -0.39 is 8.07 Å². The molecule has 3 heterocycles. The zero-order valence-electron chi connectivity index (χ0n) is 38.0. The standard InChI is InChI=1S/C39H33N2O.C18H24NSi.Ir/c1-25(2)31-22-30(28-15-9-6-10-16-28)23-32(26(3)4)38(31)41-36-18-12-11-17-35(36)40-39(41)34-24-42-37-20-19-29(21-33(34)37)27-13-7-5-8-14-27;1-14(2)11-16-12-17(15-9-7-6-8-10-15)19-13-18(16)20(3,4)5;/h5-23,25-26H,1-4H3;6-9,12-14H,11H2,1-5H3;/q2*-1;. The first-order valence-electron chi connectivity index (χ1n) is 22.0. The maximum Gasteiger partial charge on any atom is 0.0798 e. The van der Waals surface area contributed by atoms with Crippen LogP contribution in [0.1, 0.15) is 70.1 Å². The Kier molecular flexibility index (Phi) is 14.0. The number of para-hydroxylation sites is 2. The second kappa shape index (κ2) is 19.4. The van der Waals surface area contributed by atoms with Crippen molar-refractivity contribution in [1.82, 2.24) is 14.5 Å². The van der Waals surface area contributed by atoms with Gasteiger partial charge in [-0.2, -0.15) is 0 Å². The molecule has 0 N–H and O–H groups in total. The Balaban J connectivity index is 0.000000239. The molecule has 9 rings (SSSR count). The number of furan rings is 1. The molecule has 0 atom stereocenters. The van der Waals surface area contributed by atoms with Crippen LogP contribution in [0.25, 0.3) is 72.6 Å². The van der Waals surface area contributed by atoms with Gasteiger partial charge in [0.25, 0.3) is 0 Å². The zero-order valence-corrected chi connectivity index (χ0v) is 41.4. The van der Waals surface area contributed by atoms with Crippen molar-refractivity contribution in [3.8, 4) is 50.6 Å². The smallest absolute Gasteiger partial charge is 0.0798 e. The number of hydrogen-bond donors (Lipinski definition) is 0. The molecule has 0 bridgehead atoms. The summed E-state index contributed by atoms with van der Waals surface area (Å²) < 4.78 is 8.39. The zero-order chi connectivity index (χ0) is 43.5. The Bertz CT molecular complexity index is 2910. The second-order valence-electron chi connectivity index (χ2n) is 18.4. The minimum atomic E-state index is -1.34. The van der Waals surface area contributed by atoms with Gasteiger partial charge in [0, 0.05) is 43.8 Å². The maximum absolute atomic E-state index is 6.04. The van der Waals surface area contributed by atoms with E-state index in [0.29, 0.717) is 17.8 Å². The largest absolute Gasteiger partial charge is 0.557 e. The topological polar surface area (TPSA) is 43.9 Å². The SMILES string of the molecule is CC(C)Cc1cc(-c2[c-]cccc2)ncc1[Si](C)(C)C.CC(C)c1cc(-c2ccccc2)cc(C(C)C)c1-n1c(-c2[c-]oc3ccc(-c4ccccc4)cc23)nc2ccccc21.[Ir]. The minimum absolute atomic E-state index is 0. The van der Waals surface area contributed by atoms with Crippen LogP contribution in [0.15, 0.2) is 156 Å². The fourth-order valence-electron chi connectivity index (χ4n) is 8.47. The average molecular weight is 1020 g/mol. The minimum Gasteiger partial charge on any atom is -0.557 e. The molecule has 0 aliphatic rings. The van der Waals surface area contributed by atoms with Gasteiger partial charge in [0.1, 0.15) is 0 Å². The van der Waals surface area contributed by atoms with Crippen LogP contribution in [0.2, 0.25) is 19.6 Å². The number of aromatic nitrogens is 3. The summed E-state index contributed by atoms with van der Waals surface area (Å²) in [5.41, 5.74) is 15.9. The third-order valence-electron chi connectivity index (χ3n) is 11.6. The van der Waals surface area contributed by atoms with Gasteiger partial charge in [0.05, 0.1) is 24.9 Å². The predicted molar refractivity (Wildman–Crippen MR) is 264 cm³/mol. The molecule has 6 aromatic carbocycles. The molecule has 1 radical (unpaired) electrons. The molecule has 0 aliphatic heterocycles. The molecule has 0 saturated carbocycles. The van der Waals surface area contributed by atoms with E-state index >= 15 is 0 Å². The molecule has 0 saturated heterocycles. The molecule has 0 aliphatic carbocycles. The van der Waals surface area contributed by atoms with E-state index in [1.807, 2.05) is 30.3 Å². The van der Waals surface area contributed by atoms with Crippen molar-refractivity contribution in [2.45, 2.75) is 79.4 Å². The van der Waals surface area contributed by atoms with Crippen LogP contribution >= 0.6 is 0 Å². The van der Waals surface area contributed by atoms with Gasteiger partial charge >= 0.3 is 0 Å². The van der Waals surface area contributed by atoms with Crippen molar-refractivity contribution >= 4 is 35.3 Å². The van der Waals surface area contributed by atoms with E-state index in [-0.39, 0.29) is 20.1 Å². The van der Waals surface area contributed by atoms with Crippen LogP contribution < -0.4 is 5.19 Å². The molecular weight excluding hydrogens is 963 g/mol. The molecule has 3 aromatic heterocycles. The molecule has 6 heteroatoms. The van der Waals surface area contributed by atoms with Crippen molar-refractivity contribution in [3.05, 3.63) is 181 Å². The van der Waals surface area contributed by atoms with Crippen LogP contribution in [0.5, 0.6) is 0 Å². The van der Waals surface area contributed by atoms with Crippen LogP contribution in [0, 0.1) is 18.2 Å². The summed E-state index contributed by atoms with van der Waals surface area (Å²) in [6.07, 6.45) is 6.49. The van der Waals surface area contributed by atoms with Crippen LogP contribution in [-0.4, -0.2) is 22.6 Å². The third-order valence-corrected chi connectivity index (χ3v) is 13.6. The van der Waals surface area contributed by atoms with Gasteiger partial charge in [-0.3, -0.25) is 4.98 Å². The first kappa shape index (κ1) is 45.4. The monoisotopic (exact) mass is 1020 g/mol. The van der Waals surface area contributed by atoms with E-state index in [1.165, 1.54) is 44.3 Å². The molecule has 4 nitrogen and oxygen atoms in total. The third kappa shape index (κ3) is 9.80. The Labute approximate surface area is 388 Å². The van der Waals surface area contributed by atoms with Gasteiger partial charge in [-0.15, -0.1) is 35.9 Å². The van der Waals surface area contributed by atoms with E-state index in [0.717, 1.165) is 56.6 Å². The number of benzene rings is 6. The summed E-state index contributed by atoms with van der Waals surface area (Å²) in [5.74, 6) is 2.10. The number of imidazole rings is 1. The number of hydrogen-bond acceptors (Lipinski definition) is 3. The normalized spacial score (nSPS) is 11.6. The van der Waals surface area contributed by atoms with E-state index in [4.69, 9.17) is 9.40 Å². The summed E-state index contributed by atoms with van der Waals surface area (Å²) in [4.78, 5) is 9.92. The Hall–Kier alpha value is -5.65. The van der Waals surface area contributed by atoms with Crippen LogP contribution in [0.3, 0.4) is 0 Å². The molecule has 321 valence electrons. The number of pyridine rings is 1. The first-order chi connectivity index (χ1) is 29.9. The fourth-order valence-corrected chi connectivity index (χ4v) is 10.1. The molecule has 9 aromatic rings. The van der Waals surface area contributed by atoms with Crippen molar-refractivity contribution < 1.29 is 24.5 Å². The Morgan fingerprint density at radius 3 is 1.87 bits per heavy atom. The first-order valence-corrected chi connectivity index (χ1v) is 25.5.